The summed E-state index contributed by atoms with van der Waals surface area (Å²) in [5.41, 5.74) is 2.10. The molecule has 17 heavy (non-hydrogen) atoms. The molecular weight excluding hydrogens is 280 g/mol. The maximum atomic E-state index is 4.54. The van der Waals surface area contributed by atoms with E-state index < -0.39 is 0 Å². The number of aromatic nitrogens is 3. The normalized spacial score (nSPS) is 15.8. The Balaban J connectivity index is 2.17. The standard InChI is InChI=1S/C12H15BrN4/c1-7(2)17-6-14-9-5-10(13)16-12(11(9)17)15-8-3-4-8/h5-8H,3-4H2,1-2H3,(H,15,16). The smallest absolute Gasteiger partial charge is 0.153 e. The van der Waals surface area contributed by atoms with Gasteiger partial charge >= 0.3 is 0 Å². The zero-order valence-electron chi connectivity index (χ0n) is 9.94. The van der Waals surface area contributed by atoms with Crippen molar-refractivity contribution in [3.05, 3.63) is 17.0 Å². The highest BCUT2D eigenvalue weighted by Crippen LogP contribution is 2.31. The van der Waals surface area contributed by atoms with E-state index in [-0.39, 0.29) is 0 Å². The lowest BCUT2D eigenvalue weighted by Gasteiger charge is -2.12. The molecule has 0 unspecified atom stereocenters. The van der Waals surface area contributed by atoms with Crippen molar-refractivity contribution in [2.75, 3.05) is 5.32 Å². The number of imidazole rings is 1. The molecule has 0 spiro atoms. The van der Waals surface area contributed by atoms with Crippen LogP contribution in [0.15, 0.2) is 17.0 Å². The van der Waals surface area contributed by atoms with Crippen LogP contribution in [0.2, 0.25) is 0 Å². The van der Waals surface area contributed by atoms with E-state index in [1.807, 2.05) is 12.4 Å². The maximum absolute atomic E-state index is 4.54. The van der Waals surface area contributed by atoms with Crippen molar-refractivity contribution in [1.29, 1.82) is 0 Å². The van der Waals surface area contributed by atoms with Crippen LogP contribution in [0.3, 0.4) is 0 Å². The molecule has 0 aromatic carbocycles. The molecule has 2 aromatic rings. The fraction of sp³-hybridized carbons (Fsp3) is 0.500. The summed E-state index contributed by atoms with van der Waals surface area (Å²) in [6.07, 6.45) is 4.37. The van der Waals surface area contributed by atoms with Gasteiger partial charge in [-0.1, -0.05) is 0 Å². The minimum atomic E-state index is 0.391. The second-order valence-electron chi connectivity index (χ2n) is 4.83. The lowest BCUT2D eigenvalue weighted by molar-refractivity contribution is 0.617. The molecule has 2 heterocycles. The van der Waals surface area contributed by atoms with Gasteiger partial charge in [0, 0.05) is 12.1 Å². The number of anilines is 1. The van der Waals surface area contributed by atoms with Crippen LogP contribution in [0.5, 0.6) is 0 Å². The number of rotatable bonds is 3. The van der Waals surface area contributed by atoms with E-state index in [4.69, 9.17) is 0 Å². The minimum Gasteiger partial charge on any atom is -0.366 e. The van der Waals surface area contributed by atoms with E-state index >= 15 is 0 Å². The van der Waals surface area contributed by atoms with Crippen LogP contribution < -0.4 is 5.32 Å². The SMILES string of the molecule is CC(C)n1cnc2cc(Br)nc(NC3CC3)c21. The van der Waals surface area contributed by atoms with Crippen LogP contribution in [0.4, 0.5) is 5.82 Å². The van der Waals surface area contributed by atoms with Crippen molar-refractivity contribution < 1.29 is 0 Å². The van der Waals surface area contributed by atoms with Crippen LogP contribution in [0, 0.1) is 0 Å². The van der Waals surface area contributed by atoms with Gasteiger partial charge in [-0.05, 0) is 48.7 Å². The van der Waals surface area contributed by atoms with Crippen LogP contribution in [-0.2, 0) is 0 Å². The Morgan fingerprint density at radius 3 is 2.88 bits per heavy atom. The molecule has 1 saturated carbocycles. The first kappa shape index (κ1) is 11.0. The third-order valence-electron chi connectivity index (χ3n) is 3.00. The summed E-state index contributed by atoms with van der Waals surface area (Å²) in [4.78, 5) is 8.98. The largest absolute Gasteiger partial charge is 0.366 e. The van der Waals surface area contributed by atoms with E-state index in [1.165, 1.54) is 12.8 Å². The van der Waals surface area contributed by atoms with Gasteiger partial charge in [0.25, 0.3) is 0 Å². The number of fused-ring (bicyclic) bond motifs is 1. The van der Waals surface area contributed by atoms with Crippen molar-refractivity contribution >= 4 is 32.8 Å². The second-order valence-corrected chi connectivity index (χ2v) is 5.64. The van der Waals surface area contributed by atoms with Gasteiger partial charge in [-0.15, -0.1) is 0 Å². The summed E-state index contributed by atoms with van der Waals surface area (Å²) in [7, 11) is 0. The fourth-order valence-corrected chi connectivity index (χ4v) is 2.34. The molecule has 4 nitrogen and oxygen atoms in total. The molecular formula is C12H15BrN4. The highest BCUT2D eigenvalue weighted by atomic mass is 79.9. The molecule has 0 amide bonds. The molecule has 0 aliphatic heterocycles. The number of hydrogen-bond donors (Lipinski definition) is 1. The molecule has 0 bridgehead atoms. The first-order chi connectivity index (χ1) is 8.15. The number of pyridine rings is 1. The minimum absolute atomic E-state index is 0.391. The molecule has 5 heteroatoms. The number of nitrogens with zero attached hydrogens (tertiary/aromatic N) is 3. The Morgan fingerprint density at radius 1 is 1.47 bits per heavy atom. The highest BCUT2D eigenvalue weighted by Gasteiger charge is 2.23. The zero-order valence-corrected chi connectivity index (χ0v) is 11.5. The molecule has 0 radical (unpaired) electrons. The summed E-state index contributed by atoms with van der Waals surface area (Å²) in [5.74, 6) is 0.947. The fourth-order valence-electron chi connectivity index (χ4n) is 1.94. The predicted molar refractivity (Wildman–Crippen MR) is 72.3 cm³/mol. The van der Waals surface area contributed by atoms with Crippen molar-refractivity contribution in [2.24, 2.45) is 0 Å². The molecule has 2 aromatic heterocycles. The molecule has 1 N–H and O–H groups in total. The average molecular weight is 295 g/mol. The predicted octanol–water partition coefficient (Wildman–Crippen LogP) is 3.35. The first-order valence-corrected chi connectivity index (χ1v) is 6.74. The molecule has 0 saturated heterocycles. The van der Waals surface area contributed by atoms with E-state index in [1.54, 1.807) is 0 Å². The van der Waals surface area contributed by atoms with Gasteiger partial charge in [-0.2, -0.15) is 0 Å². The van der Waals surface area contributed by atoms with Crippen LogP contribution in [0.25, 0.3) is 11.0 Å². The van der Waals surface area contributed by atoms with Crippen molar-refractivity contribution in [1.82, 2.24) is 14.5 Å². The van der Waals surface area contributed by atoms with Gasteiger partial charge in [0.1, 0.15) is 10.1 Å². The molecule has 90 valence electrons. The third kappa shape index (κ3) is 2.04. The first-order valence-electron chi connectivity index (χ1n) is 5.95. The third-order valence-corrected chi connectivity index (χ3v) is 3.40. The van der Waals surface area contributed by atoms with Gasteiger partial charge in [-0.3, -0.25) is 0 Å². The molecule has 1 fully saturated rings. The van der Waals surface area contributed by atoms with E-state index in [0.29, 0.717) is 12.1 Å². The number of hydrogen-bond acceptors (Lipinski definition) is 3. The Labute approximate surface area is 109 Å². The van der Waals surface area contributed by atoms with Crippen molar-refractivity contribution in [3.63, 3.8) is 0 Å². The number of halogens is 1. The van der Waals surface area contributed by atoms with Gasteiger partial charge in [0.15, 0.2) is 5.82 Å². The molecule has 1 aliphatic carbocycles. The average Bonchev–Trinajstić information content (AvgIpc) is 2.94. The molecule has 3 rings (SSSR count). The Hall–Kier alpha value is -1.10. The topological polar surface area (TPSA) is 42.7 Å². The van der Waals surface area contributed by atoms with Gasteiger partial charge < -0.3 is 9.88 Å². The molecule has 0 atom stereocenters. The van der Waals surface area contributed by atoms with E-state index in [2.05, 4.69) is 49.6 Å². The van der Waals surface area contributed by atoms with Crippen LogP contribution in [-0.4, -0.2) is 20.6 Å². The van der Waals surface area contributed by atoms with Gasteiger partial charge in [0.05, 0.1) is 11.8 Å². The van der Waals surface area contributed by atoms with Crippen molar-refractivity contribution in [3.8, 4) is 0 Å². The Bertz CT molecular complexity index is 557. The summed E-state index contributed by atoms with van der Waals surface area (Å²) >= 11 is 3.44. The number of nitrogens with one attached hydrogen (secondary N) is 1. The Kier molecular flexibility index (Phi) is 2.58. The van der Waals surface area contributed by atoms with Gasteiger partial charge in [-0.25, -0.2) is 9.97 Å². The lowest BCUT2D eigenvalue weighted by atomic mass is 10.3. The van der Waals surface area contributed by atoms with Crippen LogP contribution in [0.1, 0.15) is 32.7 Å². The van der Waals surface area contributed by atoms with Gasteiger partial charge in [0.2, 0.25) is 0 Å². The zero-order chi connectivity index (χ0) is 12.0. The van der Waals surface area contributed by atoms with Crippen molar-refractivity contribution in [2.45, 2.75) is 38.8 Å². The Morgan fingerprint density at radius 2 is 2.24 bits per heavy atom. The monoisotopic (exact) mass is 294 g/mol. The van der Waals surface area contributed by atoms with Crippen LogP contribution >= 0.6 is 15.9 Å². The maximum Gasteiger partial charge on any atom is 0.153 e. The van der Waals surface area contributed by atoms with E-state index in [0.717, 1.165) is 21.5 Å². The molecule has 1 aliphatic rings. The quantitative estimate of drug-likeness (QED) is 0.883. The summed E-state index contributed by atoms with van der Waals surface area (Å²) in [5, 5.41) is 3.48. The summed E-state index contributed by atoms with van der Waals surface area (Å²) < 4.78 is 3.00. The summed E-state index contributed by atoms with van der Waals surface area (Å²) in [6, 6.07) is 2.95. The second kappa shape index (κ2) is 3.98. The highest BCUT2D eigenvalue weighted by molar-refractivity contribution is 9.10. The van der Waals surface area contributed by atoms with E-state index in [9.17, 15) is 0 Å². The lowest BCUT2D eigenvalue weighted by Crippen LogP contribution is -2.07. The summed E-state index contributed by atoms with van der Waals surface area (Å²) in [6.45, 7) is 4.31.